The summed E-state index contributed by atoms with van der Waals surface area (Å²) in [7, 11) is -3.83. The molecular formula is C20H21ClN4O5S. The van der Waals surface area contributed by atoms with E-state index in [1.807, 2.05) is 0 Å². The third-order valence-corrected chi connectivity index (χ3v) is 5.95. The minimum absolute atomic E-state index is 0.0125. The summed E-state index contributed by atoms with van der Waals surface area (Å²) in [4.78, 5) is 32.1. The van der Waals surface area contributed by atoms with Gasteiger partial charge in [0.05, 0.1) is 10.5 Å². The second kappa shape index (κ2) is 10.4. The van der Waals surface area contributed by atoms with Crippen LogP contribution < -0.4 is 10.0 Å². The lowest BCUT2D eigenvalue weighted by atomic mass is 10.2. The molecule has 11 heteroatoms. The van der Waals surface area contributed by atoms with Crippen molar-refractivity contribution in [2.24, 2.45) is 4.99 Å². The van der Waals surface area contributed by atoms with Crippen molar-refractivity contribution >= 4 is 45.0 Å². The Balaban J connectivity index is 1.59. The van der Waals surface area contributed by atoms with E-state index >= 15 is 0 Å². The molecule has 3 rings (SSSR count). The van der Waals surface area contributed by atoms with Crippen molar-refractivity contribution in [3.05, 3.63) is 53.3 Å². The molecule has 0 fully saturated rings. The third kappa shape index (κ3) is 6.76. The zero-order valence-corrected chi connectivity index (χ0v) is 18.1. The Hall–Kier alpha value is -2.98. The smallest absolute Gasteiger partial charge is 0.340 e. The van der Waals surface area contributed by atoms with E-state index in [1.54, 1.807) is 0 Å². The highest BCUT2D eigenvalue weighted by Crippen LogP contribution is 2.17. The highest BCUT2D eigenvalue weighted by Gasteiger charge is 2.18. The maximum atomic E-state index is 12.7. The van der Waals surface area contributed by atoms with Gasteiger partial charge in [0.15, 0.2) is 6.61 Å². The van der Waals surface area contributed by atoms with Crippen molar-refractivity contribution in [3.8, 4) is 0 Å². The molecule has 9 nitrogen and oxygen atoms in total. The first-order valence-electron chi connectivity index (χ1n) is 9.58. The number of pyridine rings is 1. The van der Waals surface area contributed by atoms with Crippen LogP contribution in [0.5, 0.6) is 0 Å². The molecule has 1 aliphatic heterocycles. The van der Waals surface area contributed by atoms with E-state index in [9.17, 15) is 18.0 Å². The number of halogens is 1. The molecule has 2 aromatic rings. The van der Waals surface area contributed by atoms with Crippen molar-refractivity contribution in [1.82, 2.24) is 9.71 Å². The molecule has 2 heterocycles. The number of aliphatic imine (C=N–C) groups is 1. The van der Waals surface area contributed by atoms with Crippen LogP contribution in [-0.4, -0.2) is 44.3 Å². The number of aromatic nitrogens is 1. The van der Waals surface area contributed by atoms with Gasteiger partial charge < -0.3 is 10.1 Å². The van der Waals surface area contributed by atoms with E-state index in [1.165, 1.54) is 42.6 Å². The summed E-state index contributed by atoms with van der Waals surface area (Å²) in [6.07, 6.45) is 4.64. The molecule has 0 bridgehead atoms. The lowest BCUT2D eigenvalue weighted by Gasteiger charge is -2.11. The molecule has 0 spiro atoms. The fourth-order valence-electron chi connectivity index (χ4n) is 2.82. The number of nitrogens with zero attached hydrogens (tertiary/aromatic N) is 2. The zero-order chi connectivity index (χ0) is 22.3. The van der Waals surface area contributed by atoms with Gasteiger partial charge in [0.2, 0.25) is 0 Å². The molecule has 0 aliphatic carbocycles. The van der Waals surface area contributed by atoms with Gasteiger partial charge in [-0.15, -0.1) is 0 Å². The lowest BCUT2D eigenvalue weighted by molar-refractivity contribution is -0.119. The average Bonchev–Trinajstić information content (AvgIpc) is 3.01. The molecule has 164 valence electrons. The monoisotopic (exact) mass is 464 g/mol. The van der Waals surface area contributed by atoms with Crippen LogP contribution in [0.3, 0.4) is 0 Å². The van der Waals surface area contributed by atoms with Gasteiger partial charge in [-0.25, -0.2) is 18.2 Å². The Bertz CT molecular complexity index is 1090. The number of hydrogen-bond donors (Lipinski definition) is 2. The first kappa shape index (κ1) is 22.7. The number of sulfonamides is 1. The van der Waals surface area contributed by atoms with Gasteiger partial charge in [0, 0.05) is 24.8 Å². The van der Waals surface area contributed by atoms with Crippen LogP contribution in [0.4, 0.5) is 5.69 Å². The SMILES string of the molecule is O=C(COC(=O)c1ccc(Cl)nc1)Nc1cccc(S(=O)(=O)NC2=NCCCCC2)c1. The molecule has 0 atom stereocenters. The summed E-state index contributed by atoms with van der Waals surface area (Å²) in [5, 5.41) is 2.74. The number of amides is 1. The second-order valence-corrected chi connectivity index (χ2v) is 8.84. The van der Waals surface area contributed by atoms with E-state index < -0.39 is 28.5 Å². The highest BCUT2D eigenvalue weighted by atomic mass is 35.5. The molecular weight excluding hydrogens is 444 g/mol. The van der Waals surface area contributed by atoms with Gasteiger partial charge in [-0.3, -0.25) is 14.5 Å². The van der Waals surface area contributed by atoms with Crippen molar-refractivity contribution in [3.63, 3.8) is 0 Å². The standard InChI is InChI=1S/C20H21ClN4O5S/c21-17-9-8-14(12-23-17)20(27)30-13-19(26)24-15-5-4-6-16(11-15)31(28,29)25-18-7-2-1-3-10-22-18/h4-6,8-9,11-12H,1-3,7,10,13H2,(H,22,25)(H,24,26). The molecule has 0 saturated carbocycles. The molecule has 1 aromatic heterocycles. The molecule has 1 aliphatic rings. The fraction of sp³-hybridized carbons (Fsp3) is 0.300. The van der Waals surface area contributed by atoms with Gasteiger partial charge >= 0.3 is 5.97 Å². The fourth-order valence-corrected chi connectivity index (χ4v) is 4.07. The number of ether oxygens (including phenoxy) is 1. The minimum atomic E-state index is -3.83. The van der Waals surface area contributed by atoms with Gasteiger partial charge in [0.1, 0.15) is 11.0 Å². The molecule has 2 N–H and O–H groups in total. The van der Waals surface area contributed by atoms with Crippen LogP contribution in [0.25, 0.3) is 0 Å². The normalized spacial score (nSPS) is 14.2. The average molecular weight is 465 g/mol. The van der Waals surface area contributed by atoms with Gasteiger partial charge in [-0.1, -0.05) is 24.1 Å². The van der Waals surface area contributed by atoms with Crippen molar-refractivity contribution in [2.75, 3.05) is 18.5 Å². The predicted octanol–water partition coefficient (Wildman–Crippen LogP) is 2.78. The summed E-state index contributed by atoms with van der Waals surface area (Å²) in [5.74, 6) is -0.912. The molecule has 31 heavy (non-hydrogen) atoms. The molecule has 0 radical (unpaired) electrons. The molecule has 1 aromatic carbocycles. The van der Waals surface area contributed by atoms with Gasteiger partial charge in [0.25, 0.3) is 15.9 Å². The Labute approximate surface area is 184 Å². The molecule has 0 unspecified atom stereocenters. The number of nitrogens with one attached hydrogen (secondary N) is 2. The maximum absolute atomic E-state index is 12.7. The number of carbonyl (C=O) groups excluding carboxylic acids is 2. The maximum Gasteiger partial charge on any atom is 0.340 e. The van der Waals surface area contributed by atoms with Crippen LogP contribution in [0.1, 0.15) is 36.0 Å². The van der Waals surface area contributed by atoms with Gasteiger partial charge in [-0.2, -0.15) is 0 Å². The lowest BCUT2D eigenvalue weighted by Crippen LogP contribution is -2.30. The highest BCUT2D eigenvalue weighted by molar-refractivity contribution is 7.90. The van der Waals surface area contributed by atoms with E-state index in [4.69, 9.17) is 16.3 Å². The summed E-state index contributed by atoms with van der Waals surface area (Å²) < 4.78 is 32.8. The summed E-state index contributed by atoms with van der Waals surface area (Å²) in [6, 6.07) is 8.63. The zero-order valence-electron chi connectivity index (χ0n) is 16.5. The van der Waals surface area contributed by atoms with E-state index in [-0.39, 0.29) is 21.3 Å². The van der Waals surface area contributed by atoms with Crippen LogP contribution in [-0.2, 0) is 19.6 Å². The van der Waals surface area contributed by atoms with Crippen LogP contribution in [0, 0.1) is 0 Å². The van der Waals surface area contributed by atoms with Crippen LogP contribution in [0.15, 0.2) is 52.5 Å². The first-order valence-corrected chi connectivity index (χ1v) is 11.4. The number of anilines is 1. The number of esters is 1. The number of amidine groups is 1. The van der Waals surface area contributed by atoms with Crippen LogP contribution in [0.2, 0.25) is 5.15 Å². The number of carbonyl (C=O) groups is 2. The summed E-state index contributed by atoms with van der Waals surface area (Å²) >= 11 is 5.66. The Kier molecular flexibility index (Phi) is 7.59. The molecule has 1 amide bonds. The van der Waals surface area contributed by atoms with E-state index in [0.29, 0.717) is 18.8 Å². The van der Waals surface area contributed by atoms with Crippen molar-refractivity contribution < 1.29 is 22.7 Å². The van der Waals surface area contributed by atoms with E-state index in [2.05, 4.69) is 20.0 Å². The van der Waals surface area contributed by atoms with Crippen molar-refractivity contribution in [1.29, 1.82) is 0 Å². The second-order valence-electron chi connectivity index (χ2n) is 6.77. The van der Waals surface area contributed by atoms with Crippen molar-refractivity contribution in [2.45, 2.75) is 30.6 Å². The largest absolute Gasteiger partial charge is 0.452 e. The Morgan fingerprint density at radius 3 is 2.74 bits per heavy atom. The topological polar surface area (TPSA) is 127 Å². The number of rotatable bonds is 6. The van der Waals surface area contributed by atoms with E-state index in [0.717, 1.165) is 19.3 Å². The van der Waals surface area contributed by atoms with Crippen LogP contribution >= 0.6 is 11.6 Å². The predicted molar refractivity (Wildman–Crippen MR) is 116 cm³/mol. The van der Waals surface area contributed by atoms with Gasteiger partial charge in [-0.05, 0) is 43.2 Å². The minimum Gasteiger partial charge on any atom is -0.452 e. The Morgan fingerprint density at radius 1 is 1.13 bits per heavy atom. The quantitative estimate of drug-likeness (QED) is 0.500. The summed E-state index contributed by atoms with van der Waals surface area (Å²) in [6.45, 7) is 0.0479. The number of benzene rings is 1. The Morgan fingerprint density at radius 2 is 1.97 bits per heavy atom. The number of hydrogen-bond acceptors (Lipinski definition) is 7. The summed E-state index contributed by atoms with van der Waals surface area (Å²) in [5.41, 5.74) is 0.401. The molecule has 0 saturated heterocycles. The first-order chi connectivity index (χ1) is 14.8. The third-order valence-electron chi connectivity index (χ3n) is 4.35.